The van der Waals surface area contributed by atoms with E-state index in [1.165, 1.54) is 12.1 Å². The Balaban J connectivity index is 2.13. The van der Waals surface area contributed by atoms with Crippen molar-refractivity contribution in [3.05, 3.63) is 46.6 Å². The lowest BCUT2D eigenvalue weighted by atomic mass is 10.1. The first-order valence-corrected chi connectivity index (χ1v) is 4.97. The number of hydrogen-bond donors (Lipinski definition) is 0. The molecule has 0 unspecified atom stereocenters. The van der Waals surface area contributed by atoms with E-state index in [9.17, 15) is 13.2 Å². The average molecular weight is 263 g/mol. The molecule has 0 amide bonds. The van der Waals surface area contributed by atoms with Crippen LogP contribution in [0.5, 0.6) is 0 Å². The lowest BCUT2D eigenvalue weighted by Crippen LogP contribution is -2.04. The third-order valence-electron chi connectivity index (χ3n) is 2.08. The summed E-state index contributed by atoms with van der Waals surface area (Å²) in [5, 5.41) is 3.35. The first-order chi connectivity index (χ1) is 7.95. The first kappa shape index (κ1) is 11.9. The molecule has 0 aliphatic heterocycles. The second-order valence-electron chi connectivity index (χ2n) is 3.33. The molecule has 2 aromatic rings. The molecule has 1 heterocycles. The van der Waals surface area contributed by atoms with Crippen molar-refractivity contribution >= 4 is 11.6 Å². The Hall–Kier alpha value is -1.56. The van der Waals surface area contributed by atoms with Gasteiger partial charge in [-0.1, -0.05) is 12.1 Å². The van der Waals surface area contributed by atoms with Gasteiger partial charge >= 0.3 is 6.18 Å². The number of alkyl halides is 3. The van der Waals surface area contributed by atoms with Gasteiger partial charge in [-0.05, 0) is 34.5 Å². The lowest BCUT2D eigenvalue weighted by molar-refractivity contribution is -0.137. The highest BCUT2D eigenvalue weighted by atomic mass is 35.5. The number of aromatic nitrogens is 2. The van der Waals surface area contributed by atoms with Crippen LogP contribution in [0, 0.1) is 0 Å². The second kappa shape index (κ2) is 4.37. The Bertz CT molecular complexity index is 507. The number of halogens is 4. The molecule has 1 aromatic heterocycles. The third kappa shape index (κ3) is 2.97. The monoisotopic (exact) mass is 262 g/mol. The van der Waals surface area contributed by atoms with Gasteiger partial charge in [0.15, 0.2) is 0 Å². The lowest BCUT2D eigenvalue weighted by Gasteiger charge is -2.06. The van der Waals surface area contributed by atoms with Gasteiger partial charge in [-0.25, -0.2) is 0 Å². The Morgan fingerprint density at radius 3 is 2.29 bits per heavy atom. The molecular weight excluding hydrogens is 257 g/mol. The molecule has 90 valence electrons. The molecule has 7 heteroatoms. The zero-order chi connectivity index (χ0) is 12.5. The first-order valence-electron chi connectivity index (χ1n) is 4.59. The van der Waals surface area contributed by atoms with E-state index in [-0.39, 0.29) is 17.6 Å². The molecule has 1 aromatic carbocycles. The number of hydrogen-bond acceptors (Lipinski definition) is 3. The zero-order valence-electron chi connectivity index (χ0n) is 8.33. The van der Waals surface area contributed by atoms with Crippen molar-refractivity contribution in [3.8, 4) is 0 Å². The van der Waals surface area contributed by atoms with E-state index in [0.717, 1.165) is 12.1 Å². The van der Waals surface area contributed by atoms with Gasteiger partial charge < -0.3 is 4.52 Å². The van der Waals surface area contributed by atoms with Gasteiger partial charge in [0.05, 0.1) is 12.0 Å². The SMILES string of the molecule is FC(F)(F)c1ccc(Cc2nc(Cl)no2)cc1. The molecule has 2 rings (SSSR count). The van der Waals surface area contributed by atoms with Crippen LogP contribution in [0.15, 0.2) is 28.8 Å². The van der Waals surface area contributed by atoms with Crippen LogP contribution in [0.2, 0.25) is 5.28 Å². The van der Waals surface area contributed by atoms with Gasteiger partial charge in [0.2, 0.25) is 5.89 Å². The molecule has 0 saturated carbocycles. The quantitative estimate of drug-likeness (QED) is 0.833. The minimum absolute atomic E-state index is 0.0214. The van der Waals surface area contributed by atoms with Crippen LogP contribution in [-0.4, -0.2) is 10.1 Å². The van der Waals surface area contributed by atoms with Crippen LogP contribution in [0.1, 0.15) is 17.0 Å². The number of rotatable bonds is 2. The van der Waals surface area contributed by atoms with Gasteiger partial charge in [-0.3, -0.25) is 0 Å². The molecule has 0 saturated heterocycles. The van der Waals surface area contributed by atoms with Crippen molar-refractivity contribution in [3.63, 3.8) is 0 Å². The second-order valence-corrected chi connectivity index (χ2v) is 3.67. The van der Waals surface area contributed by atoms with Crippen molar-refractivity contribution in [1.82, 2.24) is 10.1 Å². The van der Waals surface area contributed by atoms with Crippen LogP contribution >= 0.6 is 11.6 Å². The maximum Gasteiger partial charge on any atom is 0.416 e. The van der Waals surface area contributed by atoms with Crippen LogP contribution in [0.25, 0.3) is 0 Å². The minimum atomic E-state index is -4.33. The number of nitrogens with zero attached hydrogens (tertiary/aromatic N) is 2. The van der Waals surface area contributed by atoms with Gasteiger partial charge in [-0.2, -0.15) is 18.2 Å². The van der Waals surface area contributed by atoms with E-state index < -0.39 is 11.7 Å². The summed E-state index contributed by atoms with van der Waals surface area (Å²) in [5.74, 6) is 0.259. The molecule has 0 radical (unpaired) electrons. The van der Waals surface area contributed by atoms with Crippen LogP contribution in [0.4, 0.5) is 13.2 Å². The fourth-order valence-corrected chi connectivity index (χ4v) is 1.42. The summed E-state index contributed by atoms with van der Waals surface area (Å²) >= 11 is 5.45. The van der Waals surface area contributed by atoms with Crippen LogP contribution in [0.3, 0.4) is 0 Å². The Kier molecular flexibility index (Phi) is 3.06. The highest BCUT2D eigenvalue weighted by Gasteiger charge is 2.29. The molecule has 3 nitrogen and oxygen atoms in total. The van der Waals surface area contributed by atoms with Crippen molar-refractivity contribution in [2.75, 3.05) is 0 Å². The zero-order valence-corrected chi connectivity index (χ0v) is 9.09. The van der Waals surface area contributed by atoms with Crippen molar-refractivity contribution < 1.29 is 17.7 Å². The fourth-order valence-electron chi connectivity index (χ4n) is 1.29. The van der Waals surface area contributed by atoms with E-state index in [2.05, 4.69) is 10.1 Å². The largest absolute Gasteiger partial charge is 0.416 e. The van der Waals surface area contributed by atoms with Crippen molar-refractivity contribution in [2.45, 2.75) is 12.6 Å². The summed E-state index contributed by atoms with van der Waals surface area (Å²) in [6.07, 6.45) is -4.08. The van der Waals surface area contributed by atoms with E-state index in [4.69, 9.17) is 16.1 Å². The van der Waals surface area contributed by atoms with Gasteiger partial charge in [0.1, 0.15) is 0 Å². The molecule has 0 aliphatic rings. The van der Waals surface area contributed by atoms with Crippen molar-refractivity contribution in [1.29, 1.82) is 0 Å². The highest BCUT2D eigenvalue weighted by Crippen LogP contribution is 2.29. The normalized spacial score (nSPS) is 11.8. The molecule has 0 spiro atoms. The van der Waals surface area contributed by atoms with Gasteiger partial charge in [-0.15, -0.1) is 0 Å². The third-order valence-corrected chi connectivity index (χ3v) is 2.23. The summed E-state index contributed by atoms with van der Waals surface area (Å²) in [4.78, 5) is 3.74. The summed E-state index contributed by atoms with van der Waals surface area (Å²) in [5.41, 5.74) is -0.0527. The topological polar surface area (TPSA) is 38.9 Å². The van der Waals surface area contributed by atoms with E-state index in [0.29, 0.717) is 5.56 Å². The Labute approximate surface area is 99.2 Å². The van der Waals surface area contributed by atoms with Crippen molar-refractivity contribution in [2.24, 2.45) is 0 Å². The van der Waals surface area contributed by atoms with Crippen LogP contribution < -0.4 is 0 Å². The predicted molar refractivity (Wildman–Crippen MR) is 53.6 cm³/mol. The van der Waals surface area contributed by atoms with E-state index >= 15 is 0 Å². The summed E-state index contributed by atoms with van der Waals surface area (Å²) in [6.45, 7) is 0. The Morgan fingerprint density at radius 1 is 1.18 bits per heavy atom. The van der Waals surface area contributed by atoms with Gasteiger partial charge in [0.25, 0.3) is 5.28 Å². The molecule has 0 fully saturated rings. The predicted octanol–water partition coefficient (Wildman–Crippen LogP) is 3.33. The Morgan fingerprint density at radius 2 is 1.82 bits per heavy atom. The number of benzene rings is 1. The summed E-state index contributed by atoms with van der Waals surface area (Å²) in [7, 11) is 0. The van der Waals surface area contributed by atoms with E-state index in [1.54, 1.807) is 0 Å². The average Bonchev–Trinajstić information content (AvgIpc) is 2.63. The fraction of sp³-hybridized carbons (Fsp3) is 0.200. The summed E-state index contributed by atoms with van der Waals surface area (Å²) < 4.78 is 41.6. The molecule has 0 N–H and O–H groups in total. The van der Waals surface area contributed by atoms with Crippen LogP contribution in [-0.2, 0) is 12.6 Å². The molecule has 0 bridgehead atoms. The van der Waals surface area contributed by atoms with E-state index in [1.807, 2.05) is 0 Å². The smallest absolute Gasteiger partial charge is 0.338 e. The molecule has 0 atom stereocenters. The highest BCUT2D eigenvalue weighted by molar-refractivity contribution is 6.28. The standard InChI is InChI=1S/C10H6ClF3N2O/c11-9-15-8(17-16-9)5-6-1-3-7(4-2-6)10(12,13)14/h1-4H,5H2. The molecular formula is C10H6ClF3N2O. The van der Waals surface area contributed by atoms with Gasteiger partial charge in [0, 0.05) is 0 Å². The molecule has 17 heavy (non-hydrogen) atoms. The summed E-state index contributed by atoms with van der Waals surface area (Å²) in [6, 6.07) is 4.74. The maximum absolute atomic E-state index is 12.3. The maximum atomic E-state index is 12.3. The minimum Gasteiger partial charge on any atom is -0.338 e. The molecule has 0 aliphatic carbocycles.